The summed E-state index contributed by atoms with van der Waals surface area (Å²) in [5.74, 6) is 1.09. The molecule has 1 N–H and O–H groups in total. The number of hydrogen-bond acceptors (Lipinski definition) is 7. The molecule has 1 aliphatic rings. The van der Waals surface area contributed by atoms with E-state index < -0.39 is 6.04 Å². The second-order valence-electron chi connectivity index (χ2n) is 8.68. The quantitative estimate of drug-likeness (QED) is 0.336. The maximum absolute atomic E-state index is 12.6. The van der Waals surface area contributed by atoms with Crippen LogP contribution in [0, 0.1) is 0 Å². The van der Waals surface area contributed by atoms with Crippen molar-refractivity contribution >= 4 is 11.9 Å². The molecule has 3 aromatic rings. The molecule has 0 saturated heterocycles. The van der Waals surface area contributed by atoms with Gasteiger partial charge in [0, 0.05) is 13.0 Å². The zero-order valence-corrected chi connectivity index (χ0v) is 20.7. The van der Waals surface area contributed by atoms with Crippen molar-refractivity contribution in [3.05, 3.63) is 89.5 Å². The third-order valence-corrected chi connectivity index (χ3v) is 6.12. The van der Waals surface area contributed by atoms with Gasteiger partial charge in [-0.25, -0.2) is 0 Å². The van der Waals surface area contributed by atoms with E-state index in [9.17, 15) is 9.59 Å². The van der Waals surface area contributed by atoms with Crippen LogP contribution in [0.4, 0.5) is 0 Å². The van der Waals surface area contributed by atoms with Gasteiger partial charge in [0.2, 0.25) is 0 Å². The molecule has 4 rings (SSSR count). The van der Waals surface area contributed by atoms with Crippen molar-refractivity contribution in [3.8, 4) is 17.2 Å². The van der Waals surface area contributed by atoms with Gasteiger partial charge in [-0.2, -0.15) is 0 Å². The van der Waals surface area contributed by atoms with Gasteiger partial charge in [-0.1, -0.05) is 55.5 Å². The van der Waals surface area contributed by atoms with Gasteiger partial charge in [0.25, 0.3) is 0 Å². The van der Waals surface area contributed by atoms with Crippen LogP contribution in [-0.4, -0.2) is 31.7 Å². The average molecular weight is 490 g/mol. The van der Waals surface area contributed by atoms with Crippen LogP contribution in [0.2, 0.25) is 0 Å². The molecular formula is C29H31NO6. The first-order chi connectivity index (χ1) is 17.5. The number of nitrogens with one attached hydrogen (secondary N) is 1. The summed E-state index contributed by atoms with van der Waals surface area (Å²) >= 11 is 0. The van der Waals surface area contributed by atoms with E-state index in [4.69, 9.17) is 18.9 Å². The lowest BCUT2D eigenvalue weighted by atomic mass is 10.00. The average Bonchev–Trinajstić information content (AvgIpc) is 2.90. The van der Waals surface area contributed by atoms with E-state index >= 15 is 0 Å². The van der Waals surface area contributed by atoms with Crippen molar-refractivity contribution in [2.24, 2.45) is 0 Å². The van der Waals surface area contributed by atoms with Crippen LogP contribution in [0.25, 0.3) is 0 Å². The Kier molecular flexibility index (Phi) is 8.23. The summed E-state index contributed by atoms with van der Waals surface area (Å²) < 4.78 is 22.4. The fourth-order valence-electron chi connectivity index (χ4n) is 4.29. The van der Waals surface area contributed by atoms with Gasteiger partial charge in [0.1, 0.15) is 18.4 Å². The summed E-state index contributed by atoms with van der Waals surface area (Å²) in [6.45, 7) is 3.80. The van der Waals surface area contributed by atoms with Crippen molar-refractivity contribution in [1.29, 1.82) is 0 Å². The Morgan fingerprint density at radius 1 is 1.03 bits per heavy atom. The monoisotopic (exact) mass is 489 g/mol. The summed E-state index contributed by atoms with van der Waals surface area (Å²) in [6, 6.07) is 22.5. The van der Waals surface area contributed by atoms with Crippen LogP contribution >= 0.6 is 0 Å². The Morgan fingerprint density at radius 2 is 1.78 bits per heavy atom. The van der Waals surface area contributed by atoms with Gasteiger partial charge in [0.05, 0.1) is 7.11 Å². The maximum atomic E-state index is 12.6. The van der Waals surface area contributed by atoms with Crippen LogP contribution in [0.5, 0.6) is 17.2 Å². The molecule has 0 bridgehead atoms. The van der Waals surface area contributed by atoms with E-state index in [1.165, 1.54) is 14.0 Å². The van der Waals surface area contributed by atoms with Crippen molar-refractivity contribution in [2.75, 3.05) is 13.7 Å². The predicted octanol–water partition coefficient (Wildman–Crippen LogP) is 4.95. The third kappa shape index (κ3) is 6.23. The Morgan fingerprint density at radius 3 is 2.44 bits per heavy atom. The van der Waals surface area contributed by atoms with Crippen LogP contribution in [0.3, 0.4) is 0 Å². The minimum absolute atomic E-state index is 0.0282. The fourth-order valence-corrected chi connectivity index (χ4v) is 4.29. The van der Waals surface area contributed by atoms with E-state index in [0.29, 0.717) is 30.3 Å². The molecule has 0 spiro atoms. The number of carbonyl (C=O) groups excluding carboxylic acids is 2. The molecule has 0 saturated carbocycles. The number of benzene rings is 3. The molecule has 2 unspecified atom stereocenters. The lowest BCUT2D eigenvalue weighted by Gasteiger charge is -2.28. The highest BCUT2D eigenvalue weighted by molar-refractivity contribution is 5.76. The summed E-state index contributed by atoms with van der Waals surface area (Å²) in [6.07, 6.45) is 1.01. The molecule has 3 atom stereocenters. The largest absolute Gasteiger partial charge is 0.485 e. The Labute approximate surface area is 211 Å². The van der Waals surface area contributed by atoms with Crippen molar-refractivity contribution in [2.45, 2.75) is 44.9 Å². The first kappa shape index (κ1) is 25.3. The maximum Gasteiger partial charge on any atom is 0.323 e. The number of hydrogen-bond donors (Lipinski definition) is 1. The van der Waals surface area contributed by atoms with Crippen LogP contribution in [-0.2, 0) is 20.7 Å². The predicted molar refractivity (Wildman–Crippen MR) is 135 cm³/mol. The second-order valence-corrected chi connectivity index (χ2v) is 8.68. The highest BCUT2D eigenvalue weighted by atomic mass is 16.6. The first-order valence-corrected chi connectivity index (χ1v) is 12.1. The lowest BCUT2D eigenvalue weighted by Crippen LogP contribution is -2.41. The summed E-state index contributed by atoms with van der Waals surface area (Å²) in [7, 11) is 1.41. The Bertz CT molecular complexity index is 1180. The normalized spacial score (nSPS) is 16.0. The van der Waals surface area contributed by atoms with Crippen LogP contribution in [0.1, 0.15) is 49.1 Å². The molecule has 3 aromatic carbocycles. The topological polar surface area (TPSA) is 83.1 Å². The highest BCUT2D eigenvalue weighted by Gasteiger charge is 2.26. The van der Waals surface area contributed by atoms with Gasteiger partial charge in [-0.15, -0.1) is 0 Å². The van der Waals surface area contributed by atoms with E-state index in [1.54, 1.807) is 12.1 Å². The molecule has 1 aliphatic heterocycles. The van der Waals surface area contributed by atoms with Gasteiger partial charge in [0.15, 0.2) is 17.6 Å². The molecule has 0 fully saturated rings. The molecule has 0 radical (unpaired) electrons. The first-order valence-electron chi connectivity index (χ1n) is 12.1. The van der Waals surface area contributed by atoms with Gasteiger partial charge in [-0.3, -0.25) is 14.9 Å². The Balaban J connectivity index is 1.45. The van der Waals surface area contributed by atoms with E-state index in [2.05, 4.69) is 24.4 Å². The second kappa shape index (κ2) is 11.7. The molecule has 7 nitrogen and oxygen atoms in total. The van der Waals surface area contributed by atoms with Gasteiger partial charge >= 0.3 is 11.9 Å². The van der Waals surface area contributed by atoms with Crippen molar-refractivity contribution in [1.82, 2.24) is 5.32 Å². The molecule has 36 heavy (non-hydrogen) atoms. The Hall–Kier alpha value is -3.84. The van der Waals surface area contributed by atoms with Gasteiger partial charge < -0.3 is 18.9 Å². The number of carbonyl (C=O) groups is 2. The summed E-state index contributed by atoms with van der Waals surface area (Å²) in [5.41, 5.74) is 2.98. The lowest BCUT2D eigenvalue weighted by molar-refractivity contribution is -0.143. The standard InChI is InChI=1S/C29H31NO6/c1-4-24(21-8-6-5-7-9-21)30-25(29(32)33-3)16-20-10-15-26-27(17-20)34-18-28(36-26)22-11-13-23(14-12-22)35-19(2)31/h5-15,17,24-25,28,30H,4,16,18H2,1-3H3/t24-,25?,28?/m0/s1. The van der Waals surface area contributed by atoms with Gasteiger partial charge in [-0.05, 0) is 53.8 Å². The fraction of sp³-hybridized carbons (Fsp3) is 0.310. The molecule has 0 aromatic heterocycles. The smallest absolute Gasteiger partial charge is 0.323 e. The molecule has 1 heterocycles. The zero-order valence-electron chi connectivity index (χ0n) is 20.7. The summed E-state index contributed by atoms with van der Waals surface area (Å²) in [5, 5.41) is 3.47. The number of fused-ring (bicyclic) bond motifs is 1. The van der Waals surface area contributed by atoms with E-state index in [1.807, 2.05) is 48.5 Å². The number of ether oxygens (including phenoxy) is 4. The van der Waals surface area contributed by atoms with Crippen LogP contribution < -0.4 is 19.5 Å². The molecule has 7 heteroatoms. The van der Waals surface area contributed by atoms with E-state index in [0.717, 1.165) is 23.1 Å². The SMILES string of the molecule is CC[C@H](NC(Cc1ccc2c(c1)OCC(c1ccc(OC(C)=O)cc1)O2)C(=O)OC)c1ccccc1. The minimum Gasteiger partial charge on any atom is -0.485 e. The minimum atomic E-state index is -0.508. The highest BCUT2D eigenvalue weighted by Crippen LogP contribution is 2.37. The van der Waals surface area contributed by atoms with Crippen molar-refractivity contribution in [3.63, 3.8) is 0 Å². The third-order valence-electron chi connectivity index (χ3n) is 6.12. The molecular weight excluding hydrogens is 458 g/mol. The number of methoxy groups -OCH3 is 1. The molecule has 0 amide bonds. The molecule has 188 valence electrons. The zero-order chi connectivity index (χ0) is 25.5. The van der Waals surface area contributed by atoms with E-state index in [-0.39, 0.29) is 24.1 Å². The summed E-state index contributed by atoms with van der Waals surface area (Å²) in [4.78, 5) is 23.7. The number of rotatable bonds is 9. The molecule has 0 aliphatic carbocycles. The number of esters is 2. The van der Waals surface area contributed by atoms with Crippen molar-refractivity contribution < 1.29 is 28.5 Å². The van der Waals surface area contributed by atoms with Crippen LogP contribution in [0.15, 0.2) is 72.8 Å².